The standard InChI is InChI=1S/C18H16ClN5O2S/c1-27(25,26)23-17-21-18-20-15(12-5-3-2-4-6-12)11-16(24(18)22-17)13-7-9-14(19)10-8-13/h2-11,16H,1H3,(H2,20,21,22,23). The highest BCUT2D eigenvalue weighted by molar-refractivity contribution is 7.91. The molecule has 0 bridgehead atoms. The Labute approximate surface area is 161 Å². The first-order valence-corrected chi connectivity index (χ1v) is 10.4. The van der Waals surface area contributed by atoms with Gasteiger partial charge in [-0.15, -0.1) is 5.10 Å². The minimum Gasteiger partial charge on any atom is -0.324 e. The lowest BCUT2D eigenvalue weighted by molar-refractivity contribution is 0.603. The predicted molar refractivity (Wildman–Crippen MR) is 106 cm³/mol. The Bertz CT molecular complexity index is 1110. The number of halogens is 1. The molecule has 0 amide bonds. The second kappa shape index (κ2) is 6.71. The molecular weight excluding hydrogens is 386 g/mol. The first-order chi connectivity index (χ1) is 12.9. The highest BCUT2D eigenvalue weighted by atomic mass is 35.5. The van der Waals surface area contributed by atoms with E-state index >= 15 is 0 Å². The van der Waals surface area contributed by atoms with E-state index in [4.69, 9.17) is 11.6 Å². The number of hydrogen-bond acceptors (Lipinski definition) is 5. The maximum Gasteiger partial charge on any atom is 0.257 e. The summed E-state index contributed by atoms with van der Waals surface area (Å²) in [7, 11) is -3.48. The Morgan fingerprint density at radius 2 is 1.81 bits per heavy atom. The lowest BCUT2D eigenvalue weighted by atomic mass is 10.0. The van der Waals surface area contributed by atoms with Crippen molar-refractivity contribution < 1.29 is 8.42 Å². The summed E-state index contributed by atoms with van der Waals surface area (Å²) < 4.78 is 27.0. The van der Waals surface area contributed by atoms with E-state index in [1.54, 1.807) is 16.8 Å². The fourth-order valence-corrected chi connectivity index (χ4v) is 3.43. The Balaban J connectivity index is 1.81. The van der Waals surface area contributed by atoms with Crippen LogP contribution in [0.2, 0.25) is 5.02 Å². The summed E-state index contributed by atoms with van der Waals surface area (Å²) in [6, 6.07) is 17.0. The van der Waals surface area contributed by atoms with Gasteiger partial charge in [-0.25, -0.2) is 13.1 Å². The Morgan fingerprint density at radius 3 is 2.48 bits per heavy atom. The van der Waals surface area contributed by atoms with Gasteiger partial charge >= 0.3 is 0 Å². The van der Waals surface area contributed by atoms with Gasteiger partial charge in [0.25, 0.3) is 5.95 Å². The molecule has 27 heavy (non-hydrogen) atoms. The molecule has 138 valence electrons. The van der Waals surface area contributed by atoms with E-state index in [0.717, 1.165) is 23.1 Å². The number of hydrogen-bond donors (Lipinski definition) is 2. The van der Waals surface area contributed by atoms with Crippen molar-refractivity contribution in [3.8, 4) is 0 Å². The largest absolute Gasteiger partial charge is 0.324 e. The summed E-state index contributed by atoms with van der Waals surface area (Å²) in [5.41, 5.74) is 2.80. The van der Waals surface area contributed by atoms with Crippen molar-refractivity contribution in [2.75, 3.05) is 16.3 Å². The minimum absolute atomic E-state index is 0.0154. The summed E-state index contributed by atoms with van der Waals surface area (Å²) in [4.78, 5) is 4.29. The SMILES string of the molecule is CS(=O)(=O)Nc1nc2n(n1)C(c1ccc(Cl)cc1)C=C(c1ccccc1)N2. The molecule has 1 aliphatic heterocycles. The minimum atomic E-state index is -3.48. The third-order valence-electron chi connectivity index (χ3n) is 4.04. The van der Waals surface area contributed by atoms with Gasteiger partial charge < -0.3 is 5.32 Å². The van der Waals surface area contributed by atoms with Gasteiger partial charge in [-0.2, -0.15) is 4.98 Å². The highest BCUT2D eigenvalue weighted by Gasteiger charge is 2.26. The molecule has 1 atom stereocenters. The monoisotopic (exact) mass is 401 g/mol. The smallest absolute Gasteiger partial charge is 0.257 e. The quantitative estimate of drug-likeness (QED) is 0.699. The highest BCUT2D eigenvalue weighted by Crippen LogP contribution is 2.33. The van der Waals surface area contributed by atoms with E-state index in [1.165, 1.54) is 0 Å². The molecule has 3 aromatic rings. The molecule has 0 fully saturated rings. The van der Waals surface area contributed by atoms with E-state index in [1.807, 2.05) is 48.5 Å². The second-order valence-corrected chi connectivity index (χ2v) is 8.33. The summed E-state index contributed by atoms with van der Waals surface area (Å²) in [6.07, 6.45) is 3.08. The number of sulfonamides is 1. The van der Waals surface area contributed by atoms with Crippen LogP contribution in [-0.2, 0) is 10.0 Å². The van der Waals surface area contributed by atoms with E-state index in [-0.39, 0.29) is 12.0 Å². The van der Waals surface area contributed by atoms with Gasteiger partial charge in [0.1, 0.15) is 6.04 Å². The summed E-state index contributed by atoms with van der Waals surface area (Å²) in [5.74, 6) is 0.462. The maximum absolute atomic E-state index is 11.5. The van der Waals surface area contributed by atoms with Crippen molar-refractivity contribution in [3.05, 3.63) is 76.8 Å². The number of nitrogens with one attached hydrogen (secondary N) is 2. The fourth-order valence-electron chi connectivity index (χ4n) is 2.89. The van der Waals surface area contributed by atoms with E-state index in [0.29, 0.717) is 11.0 Å². The van der Waals surface area contributed by atoms with Gasteiger partial charge in [-0.05, 0) is 29.3 Å². The van der Waals surface area contributed by atoms with Crippen molar-refractivity contribution >= 4 is 39.2 Å². The molecule has 0 aliphatic carbocycles. The van der Waals surface area contributed by atoms with Crippen LogP contribution in [0.15, 0.2) is 60.7 Å². The molecular formula is C18H16ClN5O2S. The number of aromatic nitrogens is 3. The predicted octanol–water partition coefficient (Wildman–Crippen LogP) is 3.36. The van der Waals surface area contributed by atoms with Gasteiger partial charge in [0, 0.05) is 10.7 Å². The molecule has 0 spiro atoms. The molecule has 7 nitrogen and oxygen atoms in total. The van der Waals surface area contributed by atoms with Crippen molar-refractivity contribution in [1.29, 1.82) is 0 Å². The topological polar surface area (TPSA) is 88.9 Å². The van der Waals surface area contributed by atoms with Crippen LogP contribution in [-0.4, -0.2) is 29.4 Å². The van der Waals surface area contributed by atoms with Crippen LogP contribution in [0.5, 0.6) is 0 Å². The summed E-state index contributed by atoms with van der Waals surface area (Å²) in [6.45, 7) is 0. The van der Waals surface area contributed by atoms with Crippen LogP contribution in [0, 0.1) is 0 Å². The maximum atomic E-state index is 11.5. The number of benzene rings is 2. The first kappa shape index (κ1) is 17.6. The van der Waals surface area contributed by atoms with E-state index in [9.17, 15) is 8.42 Å². The van der Waals surface area contributed by atoms with Crippen molar-refractivity contribution in [1.82, 2.24) is 14.8 Å². The zero-order chi connectivity index (χ0) is 19.0. The average Bonchev–Trinajstić information content (AvgIpc) is 3.02. The van der Waals surface area contributed by atoms with Crippen LogP contribution in [0.1, 0.15) is 17.2 Å². The van der Waals surface area contributed by atoms with Crippen LogP contribution < -0.4 is 10.0 Å². The molecule has 1 aromatic heterocycles. The van der Waals surface area contributed by atoms with Crippen molar-refractivity contribution in [2.45, 2.75) is 6.04 Å². The summed E-state index contributed by atoms with van der Waals surface area (Å²) in [5, 5.41) is 8.18. The zero-order valence-corrected chi connectivity index (χ0v) is 15.9. The lowest BCUT2D eigenvalue weighted by Gasteiger charge is -2.24. The summed E-state index contributed by atoms with van der Waals surface area (Å²) >= 11 is 6.01. The second-order valence-electron chi connectivity index (χ2n) is 6.15. The third kappa shape index (κ3) is 3.81. The Morgan fingerprint density at radius 1 is 1.11 bits per heavy atom. The first-order valence-electron chi connectivity index (χ1n) is 8.13. The van der Waals surface area contributed by atoms with Gasteiger partial charge in [0.05, 0.1) is 6.26 Å². The molecule has 9 heteroatoms. The van der Waals surface area contributed by atoms with Crippen LogP contribution in [0.4, 0.5) is 11.9 Å². The fraction of sp³-hybridized carbons (Fsp3) is 0.111. The average molecular weight is 402 g/mol. The number of anilines is 2. The van der Waals surface area contributed by atoms with Crippen molar-refractivity contribution in [2.24, 2.45) is 0 Å². The number of fused-ring (bicyclic) bond motifs is 1. The molecule has 0 saturated carbocycles. The lowest BCUT2D eigenvalue weighted by Crippen LogP contribution is -2.20. The molecule has 2 N–H and O–H groups in total. The molecule has 2 heterocycles. The molecule has 4 rings (SSSR count). The van der Waals surface area contributed by atoms with E-state index < -0.39 is 10.0 Å². The Kier molecular flexibility index (Phi) is 4.37. The molecule has 1 unspecified atom stereocenters. The van der Waals surface area contributed by atoms with Gasteiger partial charge in [0.15, 0.2) is 0 Å². The van der Waals surface area contributed by atoms with Crippen LogP contribution in [0.25, 0.3) is 5.70 Å². The zero-order valence-electron chi connectivity index (χ0n) is 14.3. The van der Waals surface area contributed by atoms with E-state index in [2.05, 4.69) is 20.1 Å². The van der Waals surface area contributed by atoms with Gasteiger partial charge in [-0.3, -0.25) is 4.72 Å². The normalized spacial score (nSPS) is 16.2. The van der Waals surface area contributed by atoms with Crippen LogP contribution in [0.3, 0.4) is 0 Å². The third-order valence-corrected chi connectivity index (χ3v) is 4.84. The molecule has 1 aliphatic rings. The van der Waals surface area contributed by atoms with Crippen LogP contribution >= 0.6 is 11.6 Å². The molecule has 2 aromatic carbocycles. The van der Waals surface area contributed by atoms with Crippen molar-refractivity contribution in [3.63, 3.8) is 0 Å². The molecule has 0 saturated heterocycles. The number of allylic oxidation sites excluding steroid dienone is 1. The number of nitrogens with zero attached hydrogens (tertiary/aromatic N) is 3. The molecule has 0 radical (unpaired) electrons. The number of rotatable bonds is 4. The van der Waals surface area contributed by atoms with Gasteiger partial charge in [0.2, 0.25) is 16.0 Å². The van der Waals surface area contributed by atoms with Gasteiger partial charge in [-0.1, -0.05) is 54.1 Å². The Hall–Kier alpha value is -2.84.